The minimum Gasteiger partial charge on any atom is -0.385 e. The molecule has 29 heavy (non-hydrogen) atoms. The van der Waals surface area contributed by atoms with Crippen LogP contribution in [0.1, 0.15) is 24.0 Å². The average molecular weight is 405 g/mol. The lowest BCUT2D eigenvalue weighted by Gasteiger charge is -2.37. The first-order chi connectivity index (χ1) is 14.2. The molecule has 2 aromatic carbocycles. The van der Waals surface area contributed by atoms with Crippen molar-refractivity contribution in [1.29, 1.82) is 0 Å². The van der Waals surface area contributed by atoms with Gasteiger partial charge in [-0.3, -0.25) is 0 Å². The lowest BCUT2D eigenvalue weighted by atomic mass is 10.0. The molecule has 1 fully saturated rings. The third-order valence-corrected chi connectivity index (χ3v) is 6.02. The third kappa shape index (κ3) is 4.62. The van der Waals surface area contributed by atoms with Crippen LogP contribution in [-0.2, 0) is 0 Å². The van der Waals surface area contributed by atoms with Gasteiger partial charge in [-0.2, -0.15) is 0 Å². The Labute approximate surface area is 178 Å². The van der Waals surface area contributed by atoms with Crippen LogP contribution in [0.5, 0.6) is 0 Å². The first-order valence-corrected chi connectivity index (χ1v) is 10.7. The van der Waals surface area contributed by atoms with Crippen molar-refractivity contribution in [3.8, 4) is 0 Å². The van der Waals surface area contributed by atoms with Gasteiger partial charge in [0.2, 0.25) is 0 Å². The fourth-order valence-corrected chi connectivity index (χ4v) is 4.17. The van der Waals surface area contributed by atoms with E-state index >= 15 is 0 Å². The molecule has 2 heterocycles. The molecule has 0 radical (unpaired) electrons. The van der Waals surface area contributed by atoms with Crippen LogP contribution in [0.25, 0.3) is 11.6 Å². The Morgan fingerprint density at radius 2 is 1.79 bits per heavy atom. The van der Waals surface area contributed by atoms with E-state index in [2.05, 4.69) is 81.7 Å². The van der Waals surface area contributed by atoms with E-state index in [1.165, 1.54) is 22.5 Å². The molecule has 0 saturated carbocycles. The molecule has 4 nitrogen and oxygen atoms in total. The highest BCUT2D eigenvalue weighted by Crippen LogP contribution is 2.29. The van der Waals surface area contributed by atoms with Crippen molar-refractivity contribution in [3.05, 3.63) is 72.4 Å². The molecule has 2 aliphatic rings. The van der Waals surface area contributed by atoms with Crippen LogP contribution in [0.15, 0.2) is 61.3 Å². The van der Waals surface area contributed by atoms with Gasteiger partial charge in [-0.05, 0) is 54.4 Å². The van der Waals surface area contributed by atoms with Crippen molar-refractivity contribution in [1.82, 2.24) is 10.2 Å². The Hall–Kier alpha value is -2.79. The monoisotopic (exact) mass is 404 g/mol. The minimum atomic E-state index is 0.814. The van der Waals surface area contributed by atoms with E-state index in [0.717, 1.165) is 56.2 Å². The van der Waals surface area contributed by atoms with Crippen molar-refractivity contribution >= 4 is 40.4 Å². The molecule has 1 saturated heterocycles. The molecule has 5 heteroatoms. The SMILES string of the molecule is C=Cc1ccc(N2CCN(C(=S)N/C=C3/CCCNc4ccccc43)CC2)cc1. The van der Waals surface area contributed by atoms with Crippen LogP contribution >= 0.6 is 12.2 Å². The molecule has 0 aliphatic carbocycles. The summed E-state index contributed by atoms with van der Waals surface area (Å²) in [4.78, 5) is 4.68. The molecule has 0 atom stereocenters. The molecule has 4 rings (SSSR count). The highest BCUT2D eigenvalue weighted by atomic mass is 32.1. The quantitative estimate of drug-likeness (QED) is 0.732. The number of hydrogen-bond acceptors (Lipinski definition) is 3. The molecular formula is C24H28N4S. The van der Waals surface area contributed by atoms with E-state index in [0.29, 0.717) is 0 Å². The fraction of sp³-hybridized carbons (Fsp3) is 0.292. The largest absolute Gasteiger partial charge is 0.385 e. The number of piperazine rings is 1. The van der Waals surface area contributed by atoms with E-state index in [-0.39, 0.29) is 0 Å². The van der Waals surface area contributed by atoms with Gasteiger partial charge in [0.05, 0.1) is 0 Å². The van der Waals surface area contributed by atoms with Crippen LogP contribution < -0.4 is 15.5 Å². The third-order valence-electron chi connectivity index (χ3n) is 5.64. The Kier molecular flexibility index (Phi) is 6.15. The molecule has 0 amide bonds. The molecule has 2 N–H and O–H groups in total. The van der Waals surface area contributed by atoms with Gasteiger partial charge in [-0.15, -0.1) is 0 Å². The van der Waals surface area contributed by atoms with Gasteiger partial charge in [0.25, 0.3) is 0 Å². The number of hydrogen-bond donors (Lipinski definition) is 2. The number of anilines is 2. The Morgan fingerprint density at radius 3 is 2.55 bits per heavy atom. The van der Waals surface area contributed by atoms with Crippen LogP contribution in [0.4, 0.5) is 11.4 Å². The molecule has 0 bridgehead atoms. The zero-order valence-corrected chi connectivity index (χ0v) is 17.5. The van der Waals surface area contributed by atoms with Gasteiger partial charge in [0.1, 0.15) is 0 Å². The summed E-state index contributed by atoms with van der Waals surface area (Å²) in [6.45, 7) is 8.63. The van der Waals surface area contributed by atoms with Gasteiger partial charge >= 0.3 is 0 Å². The lowest BCUT2D eigenvalue weighted by Crippen LogP contribution is -2.51. The number of para-hydroxylation sites is 1. The van der Waals surface area contributed by atoms with Crippen molar-refractivity contribution in [2.45, 2.75) is 12.8 Å². The van der Waals surface area contributed by atoms with Crippen LogP contribution in [0, 0.1) is 0 Å². The Bertz CT molecular complexity index is 895. The van der Waals surface area contributed by atoms with Crippen molar-refractivity contribution < 1.29 is 0 Å². The number of allylic oxidation sites excluding steroid dienone is 1. The molecule has 150 valence electrons. The second kappa shape index (κ2) is 9.14. The molecular weight excluding hydrogens is 376 g/mol. The fourth-order valence-electron chi connectivity index (χ4n) is 3.93. The van der Waals surface area contributed by atoms with E-state index in [1.54, 1.807) is 0 Å². The molecule has 0 aromatic heterocycles. The summed E-state index contributed by atoms with van der Waals surface area (Å²) in [5.41, 5.74) is 6.21. The summed E-state index contributed by atoms with van der Waals surface area (Å²) in [6, 6.07) is 17.1. The second-order valence-corrected chi connectivity index (χ2v) is 7.85. The summed E-state index contributed by atoms with van der Waals surface area (Å²) in [6.07, 6.45) is 6.16. The lowest BCUT2D eigenvalue weighted by molar-refractivity contribution is 0.384. The predicted octanol–water partition coefficient (Wildman–Crippen LogP) is 4.57. The maximum absolute atomic E-state index is 5.69. The molecule has 0 unspecified atom stereocenters. The summed E-state index contributed by atoms with van der Waals surface area (Å²) in [5.74, 6) is 0. The first-order valence-electron chi connectivity index (χ1n) is 10.3. The zero-order chi connectivity index (χ0) is 20.1. The summed E-state index contributed by atoms with van der Waals surface area (Å²) < 4.78 is 0. The number of benzene rings is 2. The highest BCUT2D eigenvalue weighted by molar-refractivity contribution is 7.80. The van der Waals surface area contributed by atoms with Crippen molar-refractivity contribution in [2.24, 2.45) is 0 Å². The predicted molar refractivity (Wildman–Crippen MR) is 128 cm³/mol. The first kappa shape index (κ1) is 19.5. The van der Waals surface area contributed by atoms with Crippen LogP contribution in [0.2, 0.25) is 0 Å². The summed E-state index contributed by atoms with van der Waals surface area (Å²) in [7, 11) is 0. The number of rotatable bonds is 3. The topological polar surface area (TPSA) is 30.5 Å². The van der Waals surface area contributed by atoms with Crippen molar-refractivity contribution in [2.75, 3.05) is 42.9 Å². The average Bonchev–Trinajstić information content (AvgIpc) is 3.00. The van der Waals surface area contributed by atoms with Gasteiger partial charge in [-0.25, -0.2) is 0 Å². The highest BCUT2D eigenvalue weighted by Gasteiger charge is 2.19. The van der Waals surface area contributed by atoms with E-state index in [9.17, 15) is 0 Å². The summed E-state index contributed by atoms with van der Waals surface area (Å²) >= 11 is 5.69. The van der Waals surface area contributed by atoms with Crippen molar-refractivity contribution in [3.63, 3.8) is 0 Å². The molecule has 2 aliphatic heterocycles. The van der Waals surface area contributed by atoms with E-state index in [4.69, 9.17) is 12.2 Å². The number of nitrogens with one attached hydrogen (secondary N) is 2. The zero-order valence-electron chi connectivity index (χ0n) is 16.7. The van der Waals surface area contributed by atoms with E-state index < -0.39 is 0 Å². The number of thiocarbonyl (C=S) groups is 1. The second-order valence-electron chi connectivity index (χ2n) is 7.46. The Morgan fingerprint density at radius 1 is 1.03 bits per heavy atom. The maximum Gasteiger partial charge on any atom is 0.173 e. The smallest absolute Gasteiger partial charge is 0.173 e. The maximum atomic E-state index is 5.69. The van der Waals surface area contributed by atoms with Gasteiger partial charge in [0.15, 0.2) is 5.11 Å². The van der Waals surface area contributed by atoms with Gasteiger partial charge in [0, 0.05) is 55.9 Å². The van der Waals surface area contributed by atoms with Gasteiger partial charge in [-0.1, -0.05) is 43.0 Å². The molecule has 2 aromatic rings. The Balaban J connectivity index is 1.35. The van der Waals surface area contributed by atoms with Gasteiger partial charge < -0.3 is 20.4 Å². The summed E-state index contributed by atoms with van der Waals surface area (Å²) in [5, 5.41) is 7.72. The van der Waals surface area contributed by atoms with Crippen LogP contribution in [0.3, 0.4) is 0 Å². The standard InChI is InChI=1S/C24H28N4S/c1-2-19-9-11-21(12-10-19)27-14-16-28(17-15-27)24(29)26-18-20-6-5-13-25-23-8-4-3-7-22(20)23/h2-4,7-12,18,25H,1,5-6,13-17H2,(H,26,29)/b20-18-. The van der Waals surface area contributed by atoms with E-state index in [1.807, 2.05) is 6.08 Å². The molecule has 0 spiro atoms. The number of fused-ring (bicyclic) bond motifs is 1. The minimum absolute atomic E-state index is 0.814. The number of nitrogens with zero attached hydrogens (tertiary/aromatic N) is 2. The normalized spacial score (nSPS) is 17.9. The van der Waals surface area contributed by atoms with Crippen LogP contribution in [-0.4, -0.2) is 42.7 Å².